The van der Waals surface area contributed by atoms with Gasteiger partial charge in [0.1, 0.15) is 5.75 Å². The second-order valence-corrected chi connectivity index (χ2v) is 8.12. The van der Waals surface area contributed by atoms with E-state index in [4.69, 9.17) is 4.74 Å². The van der Waals surface area contributed by atoms with Gasteiger partial charge in [0.25, 0.3) is 0 Å². The van der Waals surface area contributed by atoms with Crippen molar-refractivity contribution in [3.63, 3.8) is 0 Å². The molecule has 0 atom stereocenters. The van der Waals surface area contributed by atoms with E-state index in [0.29, 0.717) is 13.0 Å². The van der Waals surface area contributed by atoms with E-state index in [1.54, 1.807) is 0 Å². The molecule has 0 unspecified atom stereocenters. The fraction of sp³-hybridized carbons (Fsp3) is 0.269. The molecule has 3 rings (SSSR count). The highest BCUT2D eigenvalue weighted by Crippen LogP contribution is 2.31. The van der Waals surface area contributed by atoms with Gasteiger partial charge in [-0.1, -0.05) is 76.6 Å². The predicted molar refractivity (Wildman–Crippen MR) is 123 cm³/mol. The molecule has 0 radical (unpaired) electrons. The van der Waals surface area contributed by atoms with E-state index in [1.165, 1.54) is 0 Å². The molecule has 0 bridgehead atoms. The summed E-state index contributed by atoms with van der Waals surface area (Å²) in [7, 11) is 0. The summed E-state index contributed by atoms with van der Waals surface area (Å²) in [6.45, 7) is 4.70. The number of Topliss-reactive ketones (excluding diaryl/α,β-unsaturated/α-hetero) is 1. The number of hydrogen-bond acceptors (Lipinski definition) is 2. The lowest BCUT2D eigenvalue weighted by Crippen LogP contribution is -2.10. The number of carbonyl (C=O) groups is 1. The predicted octanol–water partition coefficient (Wildman–Crippen LogP) is 6.87. The molecule has 0 aliphatic heterocycles. The zero-order valence-electron chi connectivity index (χ0n) is 17.0. The number of rotatable bonds is 9. The summed E-state index contributed by atoms with van der Waals surface area (Å²) in [5.74, 6) is 1.09. The van der Waals surface area contributed by atoms with Crippen LogP contribution in [0.5, 0.6) is 5.75 Å². The third kappa shape index (κ3) is 5.57. The van der Waals surface area contributed by atoms with Crippen LogP contribution in [0.15, 0.2) is 72.8 Å². The fourth-order valence-electron chi connectivity index (χ4n) is 3.67. The number of carbonyl (C=O) groups excluding carboxylic acids is 1. The van der Waals surface area contributed by atoms with Gasteiger partial charge in [0.2, 0.25) is 0 Å². The molecule has 0 heterocycles. The van der Waals surface area contributed by atoms with Gasteiger partial charge in [0, 0.05) is 23.2 Å². The Morgan fingerprint density at radius 3 is 1.90 bits per heavy atom. The molecule has 0 aromatic heterocycles. The Morgan fingerprint density at radius 1 is 0.897 bits per heavy atom. The molecule has 0 spiro atoms. The molecule has 2 nitrogen and oxygen atoms in total. The summed E-state index contributed by atoms with van der Waals surface area (Å²) in [4.78, 5) is 13.2. The molecule has 0 N–H and O–H groups in total. The van der Waals surface area contributed by atoms with E-state index >= 15 is 0 Å². The second kappa shape index (κ2) is 10.4. The normalized spacial score (nSPS) is 10.9. The molecule has 0 fully saturated rings. The average Bonchev–Trinajstić information content (AvgIpc) is 2.75. The topological polar surface area (TPSA) is 26.3 Å². The zero-order chi connectivity index (χ0) is 20.6. The lowest BCUT2D eigenvalue weighted by Gasteiger charge is -2.18. The lowest BCUT2D eigenvalue weighted by molar-refractivity contribution is 0.0977. The highest BCUT2D eigenvalue weighted by molar-refractivity contribution is 9.09. The van der Waals surface area contributed by atoms with Crippen molar-refractivity contribution in [2.24, 2.45) is 0 Å². The maximum Gasteiger partial charge on any atom is 0.163 e. The van der Waals surface area contributed by atoms with Crippen molar-refractivity contribution in [3.05, 3.63) is 101 Å². The Kier molecular flexibility index (Phi) is 7.65. The van der Waals surface area contributed by atoms with Crippen molar-refractivity contribution >= 4 is 21.7 Å². The molecule has 3 aromatic carbocycles. The fourth-order valence-corrected chi connectivity index (χ4v) is 3.90. The minimum atomic E-state index is 0.0420. The summed E-state index contributed by atoms with van der Waals surface area (Å²) in [5.41, 5.74) is 5.10. The monoisotopic (exact) mass is 450 g/mol. The summed E-state index contributed by atoms with van der Waals surface area (Å²) >= 11 is 3.43. The molecule has 0 saturated carbocycles. The minimum absolute atomic E-state index is 0.0420. The first-order valence-corrected chi connectivity index (χ1v) is 11.2. The van der Waals surface area contributed by atoms with Gasteiger partial charge in [-0.3, -0.25) is 4.79 Å². The Morgan fingerprint density at radius 2 is 1.41 bits per heavy atom. The number of ether oxygens (including phenoxy) is 1. The molecule has 3 heteroatoms. The molecular formula is C26H27BrO2. The first-order valence-electron chi connectivity index (χ1n) is 10.0. The van der Waals surface area contributed by atoms with Crippen LogP contribution in [0, 0.1) is 13.8 Å². The van der Waals surface area contributed by atoms with E-state index in [0.717, 1.165) is 45.3 Å². The quantitative estimate of drug-likeness (QED) is 0.202. The molecule has 0 amide bonds. The first-order chi connectivity index (χ1) is 14.1. The van der Waals surface area contributed by atoms with Gasteiger partial charge in [-0.25, -0.2) is 0 Å². The second-order valence-electron chi connectivity index (χ2n) is 7.33. The number of ketones is 1. The first kappa shape index (κ1) is 21.3. The van der Waals surface area contributed by atoms with Gasteiger partial charge in [0.15, 0.2) is 5.78 Å². The number of benzene rings is 3. The highest BCUT2D eigenvalue weighted by Gasteiger charge is 2.20. The molecule has 0 aliphatic rings. The van der Waals surface area contributed by atoms with Crippen molar-refractivity contribution in [1.82, 2.24) is 0 Å². The number of halogens is 1. The van der Waals surface area contributed by atoms with E-state index in [2.05, 4.69) is 40.2 Å². The number of aryl methyl sites for hydroxylation is 2. The van der Waals surface area contributed by atoms with Crippen molar-refractivity contribution in [2.45, 2.75) is 32.6 Å². The van der Waals surface area contributed by atoms with Gasteiger partial charge in [-0.05, 0) is 54.7 Å². The van der Waals surface area contributed by atoms with E-state index < -0.39 is 0 Å². The lowest BCUT2D eigenvalue weighted by atomic mass is 9.85. The van der Waals surface area contributed by atoms with Crippen LogP contribution < -0.4 is 4.74 Å². The zero-order valence-corrected chi connectivity index (χ0v) is 18.6. The largest absolute Gasteiger partial charge is 0.493 e. The van der Waals surface area contributed by atoms with Crippen LogP contribution in [-0.2, 0) is 0 Å². The van der Waals surface area contributed by atoms with Gasteiger partial charge < -0.3 is 4.74 Å². The van der Waals surface area contributed by atoms with Crippen molar-refractivity contribution < 1.29 is 9.53 Å². The number of hydrogen-bond donors (Lipinski definition) is 0. The van der Waals surface area contributed by atoms with E-state index in [-0.39, 0.29) is 11.7 Å². The van der Waals surface area contributed by atoms with Crippen molar-refractivity contribution in [1.29, 1.82) is 0 Å². The maximum absolute atomic E-state index is 13.2. The Labute approximate surface area is 182 Å². The highest BCUT2D eigenvalue weighted by atomic mass is 79.9. The van der Waals surface area contributed by atoms with Gasteiger partial charge >= 0.3 is 0 Å². The maximum atomic E-state index is 13.2. The molecule has 3 aromatic rings. The van der Waals surface area contributed by atoms with Crippen LogP contribution >= 0.6 is 15.9 Å². The summed E-state index contributed by atoms with van der Waals surface area (Å²) in [6.07, 6.45) is 1.39. The van der Waals surface area contributed by atoms with Crippen LogP contribution in [0.25, 0.3) is 0 Å². The third-order valence-corrected chi connectivity index (χ3v) is 5.66. The van der Waals surface area contributed by atoms with Gasteiger partial charge in [-0.2, -0.15) is 0 Å². The summed E-state index contributed by atoms with van der Waals surface area (Å²) in [5, 5.41) is 0.919. The smallest absolute Gasteiger partial charge is 0.163 e. The third-order valence-electron chi connectivity index (χ3n) is 5.10. The van der Waals surface area contributed by atoms with Crippen LogP contribution in [-0.4, -0.2) is 17.7 Å². The molecule has 0 aliphatic carbocycles. The van der Waals surface area contributed by atoms with E-state index in [1.807, 2.05) is 62.4 Å². The average molecular weight is 451 g/mol. The standard InChI is InChI=1S/C26H27BrO2/c1-19-16-23(17-20(2)26(19)29-15-9-14-27)25(28)18-24(21-10-5-3-6-11-21)22-12-7-4-8-13-22/h3-8,10-13,16-17,24H,9,14-15,18H2,1-2H3. The van der Waals surface area contributed by atoms with Crippen molar-refractivity contribution in [2.75, 3.05) is 11.9 Å². The Hall–Kier alpha value is -2.39. The molecular weight excluding hydrogens is 424 g/mol. The SMILES string of the molecule is Cc1cc(C(=O)CC(c2ccccc2)c2ccccc2)cc(C)c1OCCCBr. The molecule has 0 saturated heterocycles. The number of alkyl halides is 1. The van der Waals surface area contributed by atoms with Gasteiger partial charge in [0.05, 0.1) is 6.61 Å². The van der Waals surface area contributed by atoms with Crippen LogP contribution in [0.2, 0.25) is 0 Å². The van der Waals surface area contributed by atoms with Crippen LogP contribution in [0.1, 0.15) is 51.4 Å². The minimum Gasteiger partial charge on any atom is -0.493 e. The molecule has 150 valence electrons. The summed E-state index contributed by atoms with van der Waals surface area (Å²) in [6, 6.07) is 24.5. The van der Waals surface area contributed by atoms with E-state index in [9.17, 15) is 4.79 Å². The molecule has 29 heavy (non-hydrogen) atoms. The van der Waals surface area contributed by atoms with Crippen LogP contribution in [0.4, 0.5) is 0 Å². The van der Waals surface area contributed by atoms with Gasteiger partial charge in [-0.15, -0.1) is 0 Å². The Balaban J connectivity index is 1.85. The van der Waals surface area contributed by atoms with Crippen molar-refractivity contribution in [3.8, 4) is 5.75 Å². The van der Waals surface area contributed by atoms with Crippen LogP contribution in [0.3, 0.4) is 0 Å². The summed E-state index contributed by atoms with van der Waals surface area (Å²) < 4.78 is 5.92. The Bertz CT molecular complexity index is 873.